The molecule has 0 atom stereocenters. The Balaban J connectivity index is 2.78. The highest BCUT2D eigenvalue weighted by Gasteiger charge is 2.27. The summed E-state index contributed by atoms with van der Waals surface area (Å²) in [6.07, 6.45) is -4.56. The molecule has 1 N–H and O–H groups in total. The molecule has 0 spiro atoms. The summed E-state index contributed by atoms with van der Waals surface area (Å²) < 4.78 is 35.6. The molecule has 6 nitrogen and oxygen atoms in total. The minimum Gasteiger partial charge on any atom is -0.364 e. The molecule has 0 aliphatic rings. The molecule has 1 aromatic heterocycles. The van der Waals surface area contributed by atoms with Gasteiger partial charge in [-0.15, -0.1) is 0 Å². The van der Waals surface area contributed by atoms with Gasteiger partial charge in [-0.2, -0.15) is 13.2 Å². The molecular weight excluding hydrogens is 265 g/mol. The number of aromatic nitrogens is 2. The highest BCUT2D eigenvalue weighted by molar-refractivity contribution is 6.31. The fourth-order valence-electron chi connectivity index (χ4n) is 0.971. The molecule has 1 rings (SSSR count). The van der Waals surface area contributed by atoms with E-state index in [0.29, 0.717) is 0 Å². The van der Waals surface area contributed by atoms with Gasteiger partial charge in [0.15, 0.2) is 0 Å². The van der Waals surface area contributed by atoms with Crippen molar-refractivity contribution in [1.29, 1.82) is 0 Å². The number of halogens is 4. The van der Waals surface area contributed by atoms with E-state index in [2.05, 4.69) is 15.3 Å². The van der Waals surface area contributed by atoms with Crippen LogP contribution in [0, 0.1) is 10.1 Å². The van der Waals surface area contributed by atoms with E-state index in [4.69, 9.17) is 11.6 Å². The molecule has 1 heterocycles. The van der Waals surface area contributed by atoms with Gasteiger partial charge >= 0.3 is 11.9 Å². The Bertz CT molecular complexity index is 426. The Labute approximate surface area is 98.0 Å². The molecule has 0 aliphatic heterocycles. The van der Waals surface area contributed by atoms with E-state index in [-0.39, 0.29) is 5.82 Å². The Hall–Kier alpha value is -1.64. The maximum atomic E-state index is 11.9. The highest BCUT2D eigenvalue weighted by Crippen LogP contribution is 2.28. The number of alkyl halides is 3. The summed E-state index contributed by atoms with van der Waals surface area (Å²) in [4.78, 5) is 16.6. The summed E-state index contributed by atoms with van der Waals surface area (Å²) in [6.45, 7) is -0.530. The molecule has 10 heteroatoms. The van der Waals surface area contributed by atoms with Gasteiger partial charge in [-0.1, -0.05) is 11.6 Å². The molecule has 94 valence electrons. The van der Waals surface area contributed by atoms with Crippen LogP contribution in [0.25, 0.3) is 0 Å². The van der Waals surface area contributed by atoms with E-state index in [1.165, 1.54) is 0 Å². The van der Waals surface area contributed by atoms with E-state index in [1.54, 1.807) is 0 Å². The van der Waals surface area contributed by atoms with E-state index < -0.39 is 34.9 Å². The second-order valence-corrected chi connectivity index (χ2v) is 3.27. The normalized spacial score (nSPS) is 11.3. The van der Waals surface area contributed by atoms with E-state index in [9.17, 15) is 23.3 Å². The number of hydrogen-bond donors (Lipinski definition) is 1. The molecule has 17 heavy (non-hydrogen) atoms. The zero-order valence-corrected chi connectivity index (χ0v) is 8.92. The first-order chi connectivity index (χ1) is 7.81. The molecule has 0 aliphatic carbocycles. The van der Waals surface area contributed by atoms with Crippen molar-refractivity contribution in [2.24, 2.45) is 0 Å². The lowest BCUT2D eigenvalue weighted by molar-refractivity contribution is -0.384. The smallest absolute Gasteiger partial charge is 0.364 e. The van der Waals surface area contributed by atoms with Gasteiger partial charge in [0.2, 0.25) is 11.0 Å². The van der Waals surface area contributed by atoms with Crippen LogP contribution in [0.3, 0.4) is 0 Å². The molecule has 0 radical (unpaired) electrons. The van der Waals surface area contributed by atoms with Crippen LogP contribution in [0.5, 0.6) is 0 Å². The summed E-state index contributed by atoms with van der Waals surface area (Å²) >= 11 is 5.44. The lowest BCUT2D eigenvalue weighted by Gasteiger charge is -2.08. The lowest BCUT2D eigenvalue weighted by atomic mass is 10.4. The fraction of sp³-hybridized carbons (Fsp3) is 0.429. The summed E-state index contributed by atoms with van der Waals surface area (Å²) in [6, 6.07) is 0. The van der Waals surface area contributed by atoms with Crippen LogP contribution in [-0.2, 0) is 0 Å². The number of nitrogens with one attached hydrogen (secondary N) is 1. The SMILES string of the molecule is O=[N+]([O-])c1c(Cl)ncnc1NCCC(F)(F)F. The standard InChI is InChI=1S/C7H6ClF3N4O2/c8-5-4(15(16)17)6(14-3-13-5)12-2-1-7(9,10)11/h3H,1-2H2,(H,12,13,14). The van der Waals surface area contributed by atoms with Crippen LogP contribution in [0.1, 0.15) is 6.42 Å². The third-order valence-electron chi connectivity index (χ3n) is 1.66. The minimum atomic E-state index is -4.35. The number of nitrogens with zero attached hydrogens (tertiary/aromatic N) is 3. The summed E-state index contributed by atoms with van der Waals surface area (Å²) in [7, 11) is 0. The van der Waals surface area contributed by atoms with Gasteiger partial charge in [0.1, 0.15) is 6.33 Å². The Morgan fingerprint density at radius 1 is 1.47 bits per heavy atom. The largest absolute Gasteiger partial charge is 0.390 e. The molecule has 0 unspecified atom stereocenters. The minimum absolute atomic E-state index is 0.334. The number of rotatable bonds is 4. The summed E-state index contributed by atoms with van der Waals surface area (Å²) in [5, 5.41) is 12.3. The maximum absolute atomic E-state index is 11.9. The van der Waals surface area contributed by atoms with Crippen LogP contribution < -0.4 is 5.32 Å². The van der Waals surface area contributed by atoms with Crippen molar-refractivity contribution in [3.63, 3.8) is 0 Å². The van der Waals surface area contributed by atoms with Crippen molar-refractivity contribution in [1.82, 2.24) is 9.97 Å². The van der Waals surface area contributed by atoms with Gasteiger partial charge in [0, 0.05) is 6.54 Å². The molecule has 0 saturated carbocycles. The Kier molecular flexibility index (Phi) is 4.05. The predicted molar refractivity (Wildman–Crippen MR) is 52.9 cm³/mol. The van der Waals surface area contributed by atoms with Crippen molar-refractivity contribution in [3.8, 4) is 0 Å². The van der Waals surface area contributed by atoms with E-state index in [1.807, 2.05) is 0 Å². The third-order valence-corrected chi connectivity index (χ3v) is 1.94. The van der Waals surface area contributed by atoms with Crippen LogP contribution in [0.15, 0.2) is 6.33 Å². The number of anilines is 1. The zero-order chi connectivity index (χ0) is 13.1. The van der Waals surface area contributed by atoms with Crippen molar-refractivity contribution < 1.29 is 18.1 Å². The zero-order valence-electron chi connectivity index (χ0n) is 8.16. The molecule has 0 amide bonds. The molecule has 0 fully saturated rings. The van der Waals surface area contributed by atoms with Crippen LogP contribution >= 0.6 is 11.6 Å². The van der Waals surface area contributed by atoms with Crippen molar-refractivity contribution in [2.75, 3.05) is 11.9 Å². The predicted octanol–water partition coefficient (Wildman–Crippen LogP) is 2.40. The van der Waals surface area contributed by atoms with Crippen LogP contribution in [0.2, 0.25) is 5.15 Å². The first-order valence-electron chi connectivity index (χ1n) is 4.27. The molecule has 0 aromatic carbocycles. The monoisotopic (exact) mass is 270 g/mol. The van der Waals surface area contributed by atoms with Crippen LogP contribution in [0.4, 0.5) is 24.7 Å². The maximum Gasteiger partial charge on any atom is 0.390 e. The van der Waals surface area contributed by atoms with E-state index in [0.717, 1.165) is 6.33 Å². The third kappa shape index (κ3) is 4.02. The highest BCUT2D eigenvalue weighted by atomic mass is 35.5. The average molecular weight is 271 g/mol. The quantitative estimate of drug-likeness (QED) is 0.516. The van der Waals surface area contributed by atoms with Gasteiger partial charge in [-0.05, 0) is 0 Å². The number of nitro groups is 1. The fourth-order valence-corrected chi connectivity index (χ4v) is 1.17. The number of hydrogen-bond acceptors (Lipinski definition) is 5. The first kappa shape index (κ1) is 13.4. The summed E-state index contributed by atoms with van der Waals surface area (Å²) in [5.41, 5.74) is -0.642. The average Bonchev–Trinajstić information content (AvgIpc) is 2.14. The van der Waals surface area contributed by atoms with Gasteiger partial charge in [0.05, 0.1) is 11.3 Å². The first-order valence-corrected chi connectivity index (χ1v) is 4.64. The Morgan fingerprint density at radius 3 is 2.65 bits per heavy atom. The van der Waals surface area contributed by atoms with Crippen molar-refractivity contribution in [2.45, 2.75) is 12.6 Å². The lowest BCUT2D eigenvalue weighted by Crippen LogP contribution is -2.16. The molecule has 0 saturated heterocycles. The van der Waals surface area contributed by atoms with Crippen molar-refractivity contribution in [3.05, 3.63) is 21.6 Å². The summed E-state index contributed by atoms with van der Waals surface area (Å²) in [5.74, 6) is -0.334. The molecule has 0 bridgehead atoms. The molecule has 1 aromatic rings. The second kappa shape index (κ2) is 5.13. The van der Waals surface area contributed by atoms with Gasteiger partial charge < -0.3 is 5.32 Å². The van der Waals surface area contributed by atoms with E-state index >= 15 is 0 Å². The van der Waals surface area contributed by atoms with Gasteiger partial charge in [-0.25, -0.2) is 9.97 Å². The van der Waals surface area contributed by atoms with Gasteiger partial charge in [0.25, 0.3) is 0 Å². The topological polar surface area (TPSA) is 81.0 Å². The second-order valence-electron chi connectivity index (χ2n) is 2.91. The Morgan fingerprint density at radius 2 is 2.12 bits per heavy atom. The van der Waals surface area contributed by atoms with Crippen molar-refractivity contribution >= 4 is 23.1 Å². The van der Waals surface area contributed by atoms with Crippen LogP contribution in [-0.4, -0.2) is 27.6 Å². The molecular formula is C7H6ClF3N4O2. The van der Waals surface area contributed by atoms with Gasteiger partial charge in [-0.3, -0.25) is 10.1 Å².